The van der Waals surface area contributed by atoms with Crippen molar-refractivity contribution in [3.05, 3.63) is 0 Å². The summed E-state index contributed by atoms with van der Waals surface area (Å²) in [5, 5.41) is 0. The molecule has 2 fully saturated rings. The monoisotopic (exact) mass is 147 g/mol. The third kappa shape index (κ3) is 1.08. The zero-order valence-corrected chi connectivity index (χ0v) is 6.36. The Morgan fingerprint density at radius 3 is 2.11 bits per heavy atom. The minimum absolute atomic E-state index is 0. The van der Waals surface area contributed by atoms with Crippen molar-refractivity contribution < 1.29 is 0 Å². The quantitative estimate of drug-likeness (QED) is 0.553. The molecule has 1 nitrogen and oxygen atoms in total. The number of fused-ring (bicyclic) bond motifs is 2. The van der Waals surface area contributed by atoms with Gasteiger partial charge in [0, 0.05) is 6.04 Å². The van der Waals surface area contributed by atoms with Crippen LogP contribution in [0.25, 0.3) is 0 Å². The zero-order chi connectivity index (χ0) is 5.56. The van der Waals surface area contributed by atoms with Crippen molar-refractivity contribution in [3.63, 3.8) is 0 Å². The lowest BCUT2D eigenvalue weighted by atomic mass is 9.96. The Bertz CT molecular complexity index is 103. The van der Waals surface area contributed by atoms with Crippen molar-refractivity contribution in [3.8, 4) is 0 Å². The Morgan fingerprint density at radius 1 is 1.11 bits per heavy atom. The third-order valence-corrected chi connectivity index (χ3v) is 2.79. The molecule has 2 rings (SSSR count). The second-order valence-electron chi connectivity index (χ2n) is 3.34. The second kappa shape index (κ2) is 2.47. The maximum atomic E-state index is 5.82. The standard InChI is InChI=1S/C7H13N.ClH/c8-7-4-5-1-2-6(7)3-5;/h5-7H,1-4,8H2;1H/t5-,6-,7-;/m0./s1. The highest BCUT2D eigenvalue weighted by atomic mass is 35.5. The normalized spacial score (nSPS) is 47.0. The fraction of sp³-hybridized carbons (Fsp3) is 1.00. The van der Waals surface area contributed by atoms with E-state index in [4.69, 9.17) is 5.73 Å². The van der Waals surface area contributed by atoms with Gasteiger partial charge in [-0.2, -0.15) is 0 Å². The van der Waals surface area contributed by atoms with E-state index in [1.165, 1.54) is 25.7 Å². The van der Waals surface area contributed by atoms with Gasteiger partial charge in [0.15, 0.2) is 0 Å². The molecule has 0 radical (unpaired) electrons. The van der Waals surface area contributed by atoms with Crippen LogP contribution in [0.2, 0.25) is 0 Å². The second-order valence-corrected chi connectivity index (χ2v) is 3.34. The highest BCUT2D eigenvalue weighted by Gasteiger charge is 2.36. The molecule has 0 aromatic carbocycles. The van der Waals surface area contributed by atoms with Crippen LogP contribution in [0.3, 0.4) is 0 Å². The molecule has 0 heterocycles. The lowest BCUT2D eigenvalue weighted by molar-refractivity contribution is 0.418. The Morgan fingerprint density at radius 2 is 1.89 bits per heavy atom. The van der Waals surface area contributed by atoms with Crippen molar-refractivity contribution in [2.45, 2.75) is 31.7 Å². The van der Waals surface area contributed by atoms with E-state index in [1.54, 1.807) is 0 Å². The fourth-order valence-electron chi connectivity index (χ4n) is 2.29. The van der Waals surface area contributed by atoms with Crippen LogP contribution in [0, 0.1) is 11.8 Å². The summed E-state index contributed by atoms with van der Waals surface area (Å²) in [7, 11) is 0. The molecule has 0 saturated heterocycles. The molecule has 2 aliphatic rings. The van der Waals surface area contributed by atoms with E-state index in [2.05, 4.69) is 0 Å². The van der Waals surface area contributed by atoms with Crippen LogP contribution in [0.4, 0.5) is 0 Å². The number of halogens is 1. The first kappa shape index (κ1) is 7.36. The third-order valence-electron chi connectivity index (χ3n) is 2.79. The molecule has 2 N–H and O–H groups in total. The summed E-state index contributed by atoms with van der Waals surface area (Å²) < 4.78 is 0. The molecule has 0 aliphatic heterocycles. The van der Waals surface area contributed by atoms with Crippen LogP contribution in [0.15, 0.2) is 0 Å². The summed E-state index contributed by atoms with van der Waals surface area (Å²) in [5.41, 5.74) is 5.82. The largest absolute Gasteiger partial charge is 0.327 e. The molecule has 0 aromatic heterocycles. The SMILES string of the molecule is Cl.N[C@H]1C[C@H]2CC[C@H]1C2. The summed E-state index contributed by atoms with van der Waals surface area (Å²) >= 11 is 0. The van der Waals surface area contributed by atoms with Gasteiger partial charge in [0.2, 0.25) is 0 Å². The number of hydrogen-bond acceptors (Lipinski definition) is 1. The van der Waals surface area contributed by atoms with E-state index in [0.29, 0.717) is 6.04 Å². The lowest BCUT2D eigenvalue weighted by Gasteiger charge is -2.15. The lowest BCUT2D eigenvalue weighted by Crippen LogP contribution is -2.26. The molecule has 9 heavy (non-hydrogen) atoms. The molecule has 0 aromatic rings. The molecule has 0 unspecified atom stereocenters. The van der Waals surface area contributed by atoms with Crippen LogP contribution < -0.4 is 5.73 Å². The predicted molar refractivity (Wildman–Crippen MR) is 40.7 cm³/mol. The zero-order valence-electron chi connectivity index (χ0n) is 5.55. The summed E-state index contributed by atoms with van der Waals surface area (Å²) in [4.78, 5) is 0. The van der Waals surface area contributed by atoms with Gasteiger partial charge in [-0.15, -0.1) is 12.4 Å². The molecule has 2 heteroatoms. The first-order chi connectivity index (χ1) is 3.86. The molecule has 0 amide bonds. The van der Waals surface area contributed by atoms with Gasteiger partial charge in [-0.1, -0.05) is 6.42 Å². The van der Waals surface area contributed by atoms with E-state index in [9.17, 15) is 0 Å². The van der Waals surface area contributed by atoms with E-state index < -0.39 is 0 Å². The molecular formula is C7H14ClN. The van der Waals surface area contributed by atoms with Crippen molar-refractivity contribution in [2.24, 2.45) is 17.6 Å². The predicted octanol–water partition coefficient (Wildman–Crippen LogP) is 1.56. The van der Waals surface area contributed by atoms with E-state index >= 15 is 0 Å². The minimum atomic E-state index is 0. The Balaban J connectivity index is 0.000000405. The van der Waals surface area contributed by atoms with E-state index in [0.717, 1.165) is 11.8 Å². The maximum Gasteiger partial charge on any atom is 0.00699 e. The Labute approximate surface area is 62.4 Å². The minimum Gasteiger partial charge on any atom is -0.327 e. The van der Waals surface area contributed by atoms with E-state index in [-0.39, 0.29) is 12.4 Å². The molecule has 2 bridgehead atoms. The summed E-state index contributed by atoms with van der Waals surface area (Å²) in [6, 6.07) is 0.578. The summed E-state index contributed by atoms with van der Waals surface area (Å²) in [6.45, 7) is 0. The first-order valence-corrected chi connectivity index (χ1v) is 3.62. The topological polar surface area (TPSA) is 26.0 Å². The first-order valence-electron chi connectivity index (χ1n) is 3.62. The number of nitrogens with two attached hydrogens (primary N) is 1. The van der Waals surface area contributed by atoms with Crippen molar-refractivity contribution >= 4 is 12.4 Å². The van der Waals surface area contributed by atoms with Gasteiger partial charge in [0.05, 0.1) is 0 Å². The molecule has 54 valence electrons. The van der Waals surface area contributed by atoms with Crippen LogP contribution in [0.1, 0.15) is 25.7 Å². The number of rotatable bonds is 0. The van der Waals surface area contributed by atoms with E-state index in [1.807, 2.05) is 0 Å². The van der Waals surface area contributed by atoms with Crippen LogP contribution in [-0.4, -0.2) is 6.04 Å². The van der Waals surface area contributed by atoms with Gasteiger partial charge in [0.1, 0.15) is 0 Å². The Kier molecular flexibility index (Phi) is 2.02. The van der Waals surface area contributed by atoms with Gasteiger partial charge in [-0.05, 0) is 31.1 Å². The van der Waals surface area contributed by atoms with Gasteiger partial charge >= 0.3 is 0 Å². The van der Waals surface area contributed by atoms with Gasteiger partial charge in [0.25, 0.3) is 0 Å². The van der Waals surface area contributed by atoms with Gasteiger partial charge < -0.3 is 5.73 Å². The average molecular weight is 148 g/mol. The van der Waals surface area contributed by atoms with Crippen LogP contribution in [0.5, 0.6) is 0 Å². The molecular weight excluding hydrogens is 134 g/mol. The molecule has 2 saturated carbocycles. The molecule has 3 atom stereocenters. The molecule has 2 aliphatic carbocycles. The van der Waals surface area contributed by atoms with Crippen molar-refractivity contribution in [1.82, 2.24) is 0 Å². The van der Waals surface area contributed by atoms with Crippen molar-refractivity contribution in [1.29, 1.82) is 0 Å². The summed E-state index contributed by atoms with van der Waals surface area (Å²) in [6.07, 6.45) is 5.66. The summed E-state index contributed by atoms with van der Waals surface area (Å²) in [5.74, 6) is 1.94. The van der Waals surface area contributed by atoms with Crippen LogP contribution in [-0.2, 0) is 0 Å². The smallest absolute Gasteiger partial charge is 0.00699 e. The van der Waals surface area contributed by atoms with Crippen LogP contribution >= 0.6 is 12.4 Å². The van der Waals surface area contributed by atoms with Crippen molar-refractivity contribution in [2.75, 3.05) is 0 Å². The number of hydrogen-bond donors (Lipinski definition) is 1. The fourth-order valence-corrected chi connectivity index (χ4v) is 2.29. The van der Waals surface area contributed by atoms with Gasteiger partial charge in [-0.3, -0.25) is 0 Å². The maximum absolute atomic E-state index is 5.82. The highest BCUT2D eigenvalue weighted by molar-refractivity contribution is 5.85. The molecule has 0 spiro atoms. The Hall–Kier alpha value is 0.250. The average Bonchev–Trinajstić information content (AvgIpc) is 2.23. The highest BCUT2D eigenvalue weighted by Crippen LogP contribution is 2.43. The van der Waals surface area contributed by atoms with Gasteiger partial charge in [-0.25, -0.2) is 0 Å².